The van der Waals surface area contributed by atoms with Crippen LogP contribution in [0, 0.1) is 0 Å². The highest BCUT2D eigenvalue weighted by atomic mass is 32.2. The number of fused-ring (bicyclic) bond motifs is 1. The molecule has 2 N–H and O–H groups in total. The van der Waals surface area contributed by atoms with E-state index in [1.807, 2.05) is 12.1 Å². The lowest BCUT2D eigenvalue weighted by molar-refractivity contribution is 0.448. The van der Waals surface area contributed by atoms with Crippen LogP contribution in [0.5, 0.6) is 0 Å². The Labute approximate surface area is 105 Å². The SMILES string of the molecule is CNCCNS(=O)(=O)Cc1noc2ccccc12. The third kappa shape index (κ3) is 3.06. The van der Waals surface area contributed by atoms with Crippen molar-refractivity contribution in [3.63, 3.8) is 0 Å². The molecule has 98 valence electrons. The minimum Gasteiger partial charge on any atom is -0.356 e. The van der Waals surface area contributed by atoms with Gasteiger partial charge in [0.05, 0.1) is 0 Å². The molecular weight excluding hydrogens is 254 g/mol. The van der Waals surface area contributed by atoms with Crippen molar-refractivity contribution in [1.29, 1.82) is 0 Å². The van der Waals surface area contributed by atoms with Gasteiger partial charge in [0.25, 0.3) is 0 Å². The van der Waals surface area contributed by atoms with Crippen LogP contribution >= 0.6 is 0 Å². The fourth-order valence-corrected chi connectivity index (χ4v) is 2.69. The van der Waals surface area contributed by atoms with Crippen LogP contribution in [0.4, 0.5) is 0 Å². The molecule has 1 aromatic carbocycles. The zero-order chi connectivity index (χ0) is 13.0. The number of para-hydroxylation sites is 1. The summed E-state index contributed by atoms with van der Waals surface area (Å²) in [5, 5.41) is 7.40. The third-order valence-corrected chi connectivity index (χ3v) is 3.77. The van der Waals surface area contributed by atoms with Crippen molar-refractivity contribution < 1.29 is 12.9 Å². The summed E-state index contributed by atoms with van der Waals surface area (Å²) >= 11 is 0. The molecule has 0 radical (unpaired) electrons. The van der Waals surface area contributed by atoms with Gasteiger partial charge in [0.2, 0.25) is 10.0 Å². The first-order valence-corrected chi connectivity index (χ1v) is 7.23. The van der Waals surface area contributed by atoms with Crippen LogP contribution in [0.1, 0.15) is 5.69 Å². The van der Waals surface area contributed by atoms with E-state index in [2.05, 4.69) is 15.2 Å². The van der Waals surface area contributed by atoms with Crippen molar-refractivity contribution in [3.8, 4) is 0 Å². The molecule has 0 saturated heterocycles. The number of hydrogen-bond acceptors (Lipinski definition) is 5. The van der Waals surface area contributed by atoms with E-state index in [9.17, 15) is 8.42 Å². The first-order chi connectivity index (χ1) is 8.62. The summed E-state index contributed by atoms with van der Waals surface area (Å²) in [7, 11) is -1.62. The second-order valence-corrected chi connectivity index (χ2v) is 5.69. The zero-order valence-electron chi connectivity index (χ0n) is 10.0. The van der Waals surface area contributed by atoms with Gasteiger partial charge < -0.3 is 9.84 Å². The van der Waals surface area contributed by atoms with Crippen molar-refractivity contribution >= 4 is 21.0 Å². The molecule has 0 aliphatic heterocycles. The fraction of sp³-hybridized carbons (Fsp3) is 0.364. The monoisotopic (exact) mass is 269 g/mol. The normalized spacial score (nSPS) is 12.1. The minimum absolute atomic E-state index is 0.173. The minimum atomic E-state index is -3.38. The fourth-order valence-electron chi connectivity index (χ4n) is 1.60. The van der Waals surface area contributed by atoms with Crippen molar-refractivity contribution in [2.75, 3.05) is 20.1 Å². The number of benzene rings is 1. The van der Waals surface area contributed by atoms with Gasteiger partial charge in [-0.1, -0.05) is 17.3 Å². The van der Waals surface area contributed by atoms with Gasteiger partial charge in [-0.25, -0.2) is 13.1 Å². The molecule has 0 atom stereocenters. The van der Waals surface area contributed by atoms with Crippen LogP contribution in [-0.4, -0.2) is 33.7 Å². The highest BCUT2D eigenvalue weighted by Gasteiger charge is 2.16. The van der Waals surface area contributed by atoms with Crippen molar-refractivity contribution in [3.05, 3.63) is 30.0 Å². The first kappa shape index (κ1) is 13.0. The van der Waals surface area contributed by atoms with E-state index in [4.69, 9.17) is 4.52 Å². The van der Waals surface area contributed by atoms with Gasteiger partial charge in [-0.3, -0.25) is 0 Å². The average molecular weight is 269 g/mol. The molecule has 0 amide bonds. The predicted molar refractivity (Wildman–Crippen MR) is 68.6 cm³/mol. The molecule has 18 heavy (non-hydrogen) atoms. The van der Waals surface area contributed by atoms with Crippen LogP contribution in [0.15, 0.2) is 28.8 Å². The summed E-state index contributed by atoms with van der Waals surface area (Å²) in [5.74, 6) is -0.173. The van der Waals surface area contributed by atoms with Crippen LogP contribution in [0.25, 0.3) is 11.0 Å². The summed E-state index contributed by atoms with van der Waals surface area (Å²) in [4.78, 5) is 0. The summed E-state index contributed by atoms with van der Waals surface area (Å²) in [5.41, 5.74) is 1.03. The van der Waals surface area contributed by atoms with Crippen LogP contribution in [0.2, 0.25) is 0 Å². The second kappa shape index (κ2) is 5.47. The largest absolute Gasteiger partial charge is 0.356 e. The molecule has 7 heteroatoms. The number of likely N-dealkylation sites (N-methyl/N-ethyl adjacent to an activating group) is 1. The van der Waals surface area contributed by atoms with E-state index in [0.717, 1.165) is 5.39 Å². The first-order valence-electron chi connectivity index (χ1n) is 5.57. The van der Waals surface area contributed by atoms with Gasteiger partial charge in [0, 0.05) is 18.5 Å². The Morgan fingerprint density at radius 1 is 1.28 bits per heavy atom. The molecule has 0 spiro atoms. The van der Waals surface area contributed by atoms with Gasteiger partial charge in [-0.2, -0.15) is 0 Å². The third-order valence-electron chi connectivity index (χ3n) is 2.48. The molecule has 2 aromatic rings. The molecule has 6 nitrogen and oxygen atoms in total. The summed E-state index contributed by atoms with van der Waals surface area (Å²) in [6, 6.07) is 7.19. The Morgan fingerprint density at radius 2 is 2.06 bits per heavy atom. The maximum absolute atomic E-state index is 11.8. The number of rotatable bonds is 6. The molecular formula is C11H15N3O3S. The average Bonchev–Trinajstić information content (AvgIpc) is 2.72. The van der Waals surface area contributed by atoms with Crippen LogP contribution in [-0.2, 0) is 15.8 Å². The van der Waals surface area contributed by atoms with Gasteiger partial charge >= 0.3 is 0 Å². The Morgan fingerprint density at radius 3 is 2.83 bits per heavy atom. The highest BCUT2D eigenvalue weighted by Crippen LogP contribution is 2.19. The standard InChI is InChI=1S/C11H15N3O3S/c1-12-6-7-13-18(15,16)8-10-9-4-2-3-5-11(9)17-14-10/h2-5,12-13H,6-8H2,1H3. The topological polar surface area (TPSA) is 84.2 Å². The second-order valence-electron chi connectivity index (χ2n) is 3.88. The van der Waals surface area contributed by atoms with E-state index in [-0.39, 0.29) is 5.75 Å². The quantitative estimate of drug-likeness (QED) is 0.745. The Hall–Kier alpha value is -1.44. The number of aromatic nitrogens is 1. The van der Waals surface area contributed by atoms with Crippen molar-refractivity contribution in [2.24, 2.45) is 0 Å². The van der Waals surface area contributed by atoms with Crippen molar-refractivity contribution in [2.45, 2.75) is 5.75 Å². The molecule has 0 bridgehead atoms. The van der Waals surface area contributed by atoms with Gasteiger partial charge in [-0.15, -0.1) is 0 Å². The molecule has 1 heterocycles. The maximum Gasteiger partial charge on any atom is 0.217 e. The van der Waals surface area contributed by atoms with Gasteiger partial charge in [0.15, 0.2) is 5.58 Å². The van der Waals surface area contributed by atoms with E-state index in [1.54, 1.807) is 19.2 Å². The lowest BCUT2D eigenvalue weighted by Crippen LogP contribution is -2.31. The van der Waals surface area contributed by atoms with Crippen LogP contribution in [0.3, 0.4) is 0 Å². The number of nitrogens with zero attached hydrogens (tertiary/aromatic N) is 1. The molecule has 2 rings (SSSR count). The van der Waals surface area contributed by atoms with E-state index in [0.29, 0.717) is 24.4 Å². The molecule has 0 aliphatic carbocycles. The molecule has 1 aromatic heterocycles. The molecule has 0 fully saturated rings. The Bertz CT molecular complexity index is 621. The maximum atomic E-state index is 11.8. The Kier molecular flexibility index (Phi) is 3.95. The lowest BCUT2D eigenvalue weighted by atomic mass is 10.2. The molecule has 0 unspecified atom stereocenters. The number of hydrogen-bond donors (Lipinski definition) is 2. The summed E-state index contributed by atoms with van der Waals surface area (Å²) < 4.78 is 31.1. The Balaban J connectivity index is 2.13. The van der Waals surface area contributed by atoms with Crippen LogP contribution < -0.4 is 10.0 Å². The zero-order valence-corrected chi connectivity index (χ0v) is 10.8. The van der Waals surface area contributed by atoms with Gasteiger partial charge in [-0.05, 0) is 19.2 Å². The predicted octanol–water partition coefficient (Wildman–Crippen LogP) is 0.467. The van der Waals surface area contributed by atoms with E-state index >= 15 is 0 Å². The molecule has 0 aliphatic rings. The molecule has 0 saturated carbocycles. The van der Waals surface area contributed by atoms with Gasteiger partial charge in [0.1, 0.15) is 11.4 Å². The van der Waals surface area contributed by atoms with E-state index in [1.165, 1.54) is 0 Å². The smallest absolute Gasteiger partial charge is 0.217 e. The number of nitrogens with one attached hydrogen (secondary N) is 2. The summed E-state index contributed by atoms with van der Waals surface area (Å²) in [6.07, 6.45) is 0. The van der Waals surface area contributed by atoms with Crippen molar-refractivity contribution in [1.82, 2.24) is 15.2 Å². The number of sulfonamides is 1. The lowest BCUT2D eigenvalue weighted by Gasteiger charge is -2.04. The van der Waals surface area contributed by atoms with E-state index < -0.39 is 10.0 Å². The summed E-state index contributed by atoms with van der Waals surface area (Å²) in [6.45, 7) is 0.938. The highest BCUT2D eigenvalue weighted by molar-refractivity contribution is 7.88.